The monoisotopic (exact) mass is 1180 g/mol. The maximum Gasteiger partial charge on any atom is 3.00 e. The Morgan fingerprint density at radius 1 is 0.269 bits per heavy atom. The summed E-state index contributed by atoms with van der Waals surface area (Å²) >= 11 is 0. The topological polar surface area (TPSA) is 385 Å². The molecule has 12 rings (SSSR count). The molecule has 0 radical (unpaired) electrons. The summed E-state index contributed by atoms with van der Waals surface area (Å²) in [5.74, 6) is -7.76. The number of phenols is 6. The molecule has 0 amide bonds. The second kappa shape index (κ2) is 28.7. The van der Waals surface area contributed by atoms with Crippen LogP contribution >= 0.6 is 0 Å². The van der Waals surface area contributed by atoms with Gasteiger partial charge in [0.05, 0.1) is 67.7 Å². The average Bonchev–Trinajstić information content (AvgIpc) is 3.42. The molecule has 6 heterocycles. The summed E-state index contributed by atoms with van der Waals surface area (Å²) in [6.45, 7) is 0. The zero-order valence-corrected chi connectivity index (χ0v) is 44.2. The van der Waals surface area contributed by atoms with Gasteiger partial charge in [-0.3, -0.25) is 29.9 Å². The first-order chi connectivity index (χ1) is 36.2. The Balaban J connectivity index is 0.000000201. The van der Waals surface area contributed by atoms with E-state index in [4.69, 9.17) is 30.6 Å². The van der Waals surface area contributed by atoms with Crippen LogP contribution in [0.15, 0.2) is 201 Å². The van der Waals surface area contributed by atoms with Crippen molar-refractivity contribution in [1.29, 1.82) is 0 Å². The first-order valence-electron chi connectivity index (χ1n) is 22.2. The van der Waals surface area contributed by atoms with Crippen molar-refractivity contribution >= 4 is 83.3 Å². The second-order valence-corrected chi connectivity index (χ2v) is 15.5. The third kappa shape index (κ3) is 14.9. The smallest absolute Gasteiger partial charge is 0.545 e. The average molecular weight is 1180 g/mol. The van der Waals surface area contributed by atoms with E-state index in [1.807, 2.05) is 36.4 Å². The fourth-order valence-corrected chi connectivity index (χ4v) is 7.25. The summed E-state index contributed by atoms with van der Waals surface area (Å²) in [4.78, 5) is 56.7. The van der Waals surface area contributed by atoms with Gasteiger partial charge in [-0.15, -0.1) is 0 Å². The van der Waals surface area contributed by atoms with Crippen molar-refractivity contribution in [2.24, 2.45) is 0 Å². The third-order valence-electron chi connectivity index (χ3n) is 10.7. The molecule has 20 nitrogen and oxygen atoms in total. The van der Waals surface area contributed by atoms with E-state index in [-0.39, 0.29) is 46.6 Å². The van der Waals surface area contributed by atoms with Crippen LogP contribution in [0.25, 0.3) is 65.4 Å². The molecule has 0 fully saturated rings. The van der Waals surface area contributed by atoms with Crippen LogP contribution < -0.4 is 15.3 Å². The molecule has 0 aliphatic carbocycles. The minimum atomic E-state index is -1.60. The van der Waals surface area contributed by atoms with Gasteiger partial charge in [-0.25, -0.2) is 0 Å². The molecule has 0 atom stereocenters. The predicted octanol–water partition coefficient (Wildman–Crippen LogP) is 4.89. The van der Waals surface area contributed by atoms with E-state index in [0.29, 0.717) is 0 Å². The van der Waals surface area contributed by atoms with Gasteiger partial charge in [0.1, 0.15) is 34.5 Å². The Morgan fingerprint density at radius 2 is 0.423 bits per heavy atom. The third-order valence-corrected chi connectivity index (χ3v) is 10.7. The maximum absolute atomic E-state index is 10.2. The van der Waals surface area contributed by atoms with Gasteiger partial charge < -0.3 is 71.3 Å². The maximum atomic E-state index is 10.2. The van der Waals surface area contributed by atoms with Crippen LogP contribution in [0.1, 0.15) is 31.1 Å². The quantitative estimate of drug-likeness (QED) is 0.101. The number of fused-ring (bicyclic) bond motifs is 9. The minimum Gasteiger partial charge on any atom is -0.545 e. The van der Waals surface area contributed by atoms with Crippen LogP contribution in [0.3, 0.4) is 0 Å². The van der Waals surface area contributed by atoms with Crippen LogP contribution in [0.5, 0.6) is 34.5 Å². The van der Waals surface area contributed by atoms with E-state index < -0.39 is 69.1 Å². The van der Waals surface area contributed by atoms with Gasteiger partial charge in [-0.2, -0.15) is 0 Å². The van der Waals surface area contributed by atoms with E-state index in [2.05, 4.69) is 103 Å². The van der Waals surface area contributed by atoms with E-state index in [9.17, 15) is 29.7 Å². The minimum absolute atomic E-state index is 0. The SMILES string of the molecule is O=C([O-])c1c(O)cccc1O.O=C([O-])c1c(O)cccc1O.O=C([O-])c1c(O)cccc1O.[La+3].[OH3+].[OH3+].c1cnc2c(c1)ccc1cccnc12.c1cnc2c(c1)ccc1cccnc12.c1cnc2c(c1)ccc1cccnc12. The van der Waals surface area contributed by atoms with Crippen molar-refractivity contribution in [2.75, 3.05) is 0 Å². The molecule has 0 unspecified atom stereocenters. The first-order valence-corrected chi connectivity index (χ1v) is 22.2. The van der Waals surface area contributed by atoms with Crippen LogP contribution in [-0.2, 0) is 11.0 Å². The molecule has 0 spiro atoms. The van der Waals surface area contributed by atoms with Crippen molar-refractivity contribution in [3.8, 4) is 34.5 Å². The van der Waals surface area contributed by atoms with Crippen molar-refractivity contribution in [3.05, 3.63) is 218 Å². The second-order valence-electron chi connectivity index (χ2n) is 15.5. The molecule has 388 valence electrons. The fraction of sp³-hybridized carbons (Fsp3) is 0. The number of carbonyl (C=O) groups is 3. The van der Waals surface area contributed by atoms with Crippen molar-refractivity contribution < 1.29 is 107 Å². The molecule has 78 heavy (non-hydrogen) atoms. The van der Waals surface area contributed by atoms with Crippen molar-refractivity contribution in [2.45, 2.75) is 0 Å². The van der Waals surface area contributed by atoms with Crippen LogP contribution in [0, 0.1) is 35.6 Å². The van der Waals surface area contributed by atoms with Gasteiger partial charge in [-0.1, -0.05) is 91.0 Å². The van der Waals surface area contributed by atoms with Crippen LogP contribution in [0.2, 0.25) is 0 Å². The number of carboxylic acids is 3. The molecule has 0 aliphatic rings. The molecule has 6 aromatic heterocycles. The zero-order chi connectivity index (χ0) is 53.4. The number of aromatic hydroxyl groups is 6. The summed E-state index contributed by atoms with van der Waals surface area (Å²) < 4.78 is 0. The number of nitrogens with zero attached hydrogens (tertiary/aromatic N) is 6. The fourth-order valence-electron chi connectivity index (χ4n) is 7.25. The molecular weight excluding hydrogens is 1130 g/mol. The number of hydrogen-bond donors (Lipinski definition) is 6. The summed E-state index contributed by atoms with van der Waals surface area (Å²) in [5.41, 5.74) is 4.14. The Morgan fingerprint density at radius 3 is 0.551 bits per heavy atom. The zero-order valence-electron chi connectivity index (χ0n) is 40.6. The van der Waals surface area contributed by atoms with Crippen molar-refractivity contribution in [1.82, 2.24) is 29.9 Å². The molecule has 12 aromatic rings. The molecule has 21 heteroatoms. The number of carbonyl (C=O) groups excluding carboxylic acids is 3. The largest absolute Gasteiger partial charge is 3.00 e. The molecule has 0 saturated heterocycles. The van der Waals surface area contributed by atoms with Crippen molar-refractivity contribution in [3.63, 3.8) is 0 Å². The number of rotatable bonds is 3. The summed E-state index contributed by atoms with van der Waals surface area (Å²) in [5, 5.41) is 90.7. The molecular formula is C57H45LaN6O14+2. The Bertz CT molecular complexity index is 3390. The van der Waals surface area contributed by atoms with Gasteiger partial charge in [-0.05, 0) is 72.8 Å². The number of pyridine rings is 6. The molecule has 6 aromatic carbocycles. The Hall–Kier alpha value is -9.90. The Kier molecular flexibility index (Phi) is 22.3. The normalized spacial score (nSPS) is 9.85. The van der Waals surface area contributed by atoms with E-state index in [1.54, 1.807) is 37.2 Å². The van der Waals surface area contributed by atoms with Gasteiger partial charge in [0, 0.05) is 69.5 Å². The number of benzene rings is 6. The molecule has 0 bridgehead atoms. The van der Waals surface area contributed by atoms with Gasteiger partial charge >= 0.3 is 35.6 Å². The first kappa shape index (κ1) is 60.7. The summed E-state index contributed by atoms with van der Waals surface area (Å²) in [6, 6.07) is 47.4. The van der Waals surface area contributed by atoms with Crippen LogP contribution in [0.4, 0.5) is 0 Å². The van der Waals surface area contributed by atoms with E-state index in [1.165, 1.54) is 18.2 Å². The van der Waals surface area contributed by atoms with E-state index >= 15 is 0 Å². The predicted molar refractivity (Wildman–Crippen MR) is 283 cm³/mol. The molecule has 0 aliphatic heterocycles. The molecule has 0 saturated carbocycles. The number of aromatic nitrogens is 6. The van der Waals surface area contributed by atoms with Gasteiger partial charge in [0.25, 0.3) is 0 Å². The van der Waals surface area contributed by atoms with Gasteiger partial charge in [0.15, 0.2) is 0 Å². The summed E-state index contributed by atoms with van der Waals surface area (Å²) in [6.07, 6.45) is 10.8. The van der Waals surface area contributed by atoms with E-state index in [0.717, 1.165) is 102 Å². The Labute approximate surface area is 469 Å². The molecule has 12 N–H and O–H groups in total. The van der Waals surface area contributed by atoms with Crippen LogP contribution in [-0.4, -0.2) is 78.5 Å². The number of hydrogen-bond acceptors (Lipinski definition) is 18. The number of aromatic carboxylic acids is 3. The van der Waals surface area contributed by atoms with Gasteiger partial charge in [0.2, 0.25) is 0 Å². The number of carboxylic acid groups (broad SMARTS) is 3. The standard InChI is InChI=1S/3C12H8N2.3C7H6O4.La.2H2O/c3*1-3-9-5-6-10-4-2-8-14-12(10)11(9)13-7-1;3*8-4-2-1-3-5(9)6(4)7(10)11;;;/h3*1-8H;3*1-3,8-9H,(H,10,11);;2*1H2/q;;;;;;+3;;/p-1. The summed E-state index contributed by atoms with van der Waals surface area (Å²) in [7, 11) is 0.